The Hall–Kier alpha value is -0.410. The Morgan fingerprint density at radius 1 is 1.18 bits per heavy atom. The summed E-state index contributed by atoms with van der Waals surface area (Å²) in [5.41, 5.74) is 7.31. The van der Waals surface area contributed by atoms with Crippen LogP contribution in [0.5, 0.6) is 0 Å². The molecule has 0 bridgehead atoms. The lowest BCUT2D eigenvalue weighted by molar-refractivity contribution is 0.619. The summed E-state index contributed by atoms with van der Waals surface area (Å²) in [6.07, 6.45) is 3.04. The Labute approximate surface area is 110 Å². The molecule has 1 unspecified atom stereocenters. The molecule has 3 heteroatoms. The molecule has 0 fully saturated rings. The zero-order valence-electron chi connectivity index (χ0n) is 11.8. The Morgan fingerprint density at radius 2 is 1.82 bits per heavy atom. The number of nitrogens with two attached hydrogens (primary N) is 1. The molecule has 1 aromatic rings. The predicted octanol–water partition coefficient (Wildman–Crippen LogP) is 3.74. The van der Waals surface area contributed by atoms with Crippen molar-refractivity contribution in [3.8, 4) is 0 Å². The van der Waals surface area contributed by atoms with Gasteiger partial charge in [-0.3, -0.25) is 0 Å². The summed E-state index contributed by atoms with van der Waals surface area (Å²) in [4.78, 5) is 6.25. The lowest BCUT2D eigenvalue weighted by Crippen LogP contribution is -2.21. The largest absolute Gasteiger partial charge is 0.327 e. The van der Waals surface area contributed by atoms with Crippen molar-refractivity contribution in [1.82, 2.24) is 4.98 Å². The molecule has 2 N–H and O–H groups in total. The molecule has 0 saturated heterocycles. The van der Waals surface area contributed by atoms with Crippen molar-refractivity contribution in [2.75, 3.05) is 0 Å². The van der Waals surface area contributed by atoms with E-state index in [1.165, 1.54) is 15.6 Å². The van der Waals surface area contributed by atoms with Crippen LogP contribution in [0.2, 0.25) is 0 Å². The predicted molar refractivity (Wildman–Crippen MR) is 76.7 cm³/mol. The van der Waals surface area contributed by atoms with Crippen molar-refractivity contribution in [2.45, 2.75) is 65.8 Å². The monoisotopic (exact) mass is 254 g/mol. The quantitative estimate of drug-likeness (QED) is 0.840. The van der Waals surface area contributed by atoms with E-state index < -0.39 is 0 Å². The summed E-state index contributed by atoms with van der Waals surface area (Å²) in [5, 5.41) is 1.22. The van der Waals surface area contributed by atoms with E-state index in [0.29, 0.717) is 11.8 Å². The highest BCUT2D eigenvalue weighted by atomic mass is 32.1. The standard InChI is InChI=1S/C14H26N2S/c1-6-11(15)8-13-16-12(7-9(2)3)14(17-13)10(4)5/h9-11H,6-8,15H2,1-5H3. The van der Waals surface area contributed by atoms with Crippen molar-refractivity contribution in [3.05, 3.63) is 15.6 Å². The van der Waals surface area contributed by atoms with E-state index >= 15 is 0 Å². The highest BCUT2D eigenvalue weighted by Crippen LogP contribution is 2.29. The van der Waals surface area contributed by atoms with Crippen LogP contribution in [-0.4, -0.2) is 11.0 Å². The van der Waals surface area contributed by atoms with Crippen molar-refractivity contribution in [1.29, 1.82) is 0 Å². The van der Waals surface area contributed by atoms with Gasteiger partial charge in [0.25, 0.3) is 0 Å². The van der Waals surface area contributed by atoms with Crippen LogP contribution in [0.15, 0.2) is 0 Å². The minimum Gasteiger partial charge on any atom is -0.327 e. The van der Waals surface area contributed by atoms with Crippen LogP contribution in [-0.2, 0) is 12.8 Å². The molecule has 1 atom stereocenters. The van der Waals surface area contributed by atoms with E-state index in [2.05, 4.69) is 34.6 Å². The first kappa shape index (κ1) is 14.7. The smallest absolute Gasteiger partial charge is 0.0946 e. The van der Waals surface area contributed by atoms with E-state index in [9.17, 15) is 0 Å². The van der Waals surface area contributed by atoms with Crippen LogP contribution in [0, 0.1) is 5.92 Å². The average Bonchev–Trinajstić information content (AvgIpc) is 2.59. The minimum absolute atomic E-state index is 0.257. The van der Waals surface area contributed by atoms with Gasteiger partial charge in [-0.05, 0) is 24.7 Å². The fraction of sp³-hybridized carbons (Fsp3) is 0.786. The van der Waals surface area contributed by atoms with Gasteiger partial charge in [-0.15, -0.1) is 11.3 Å². The molecule has 98 valence electrons. The summed E-state index contributed by atoms with van der Waals surface area (Å²) >= 11 is 1.86. The van der Waals surface area contributed by atoms with Crippen molar-refractivity contribution in [2.24, 2.45) is 11.7 Å². The van der Waals surface area contributed by atoms with Gasteiger partial charge in [0.2, 0.25) is 0 Å². The zero-order valence-corrected chi connectivity index (χ0v) is 12.6. The van der Waals surface area contributed by atoms with Gasteiger partial charge < -0.3 is 5.73 Å². The maximum Gasteiger partial charge on any atom is 0.0946 e. The van der Waals surface area contributed by atoms with Crippen molar-refractivity contribution >= 4 is 11.3 Å². The van der Waals surface area contributed by atoms with Gasteiger partial charge in [-0.25, -0.2) is 4.98 Å². The zero-order chi connectivity index (χ0) is 13.0. The molecule has 0 amide bonds. The molecule has 2 nitrogen and oxygen atoms in total. The third-order valence-electron chi connectivity index (χ3n) is 2.86. The summed E-state index contributed by atoms with van der Waals surface area (Å²) in [6.45, 7) is 11.1. The number of nitrogens with zero attached hydrogens (tertiary/aromatic N) is 1. The Morgan fingerprint density at radius 3 is 2.29 bits per heavy atom. The molecule has 0 aliphatic carbocycles. The van der Waals surface area contributed by atoms with Crippen LogP contribution >= 0.6 is 11.3 Å². The fourth-order valence-corrected chi connectivity index (χ4v) is 3.04. The maximum atomic E-state index is 6.01. The van der Waals surface area contributed by atoms with Gasteiger partial charge >= 0.3 is 0 Å². The van der Waals surface area contributed by atoms with Gasteiger partial charge in [0.05, 0.1) is 10.7 Å². The first-order chi connectivity index (χ1) is 7.93. The van der Waals surface area contributed by atoms with Crippen molar-refractivity contribution in [3.63, 3.8) is 0 Å². The second-order valence-electron chi connectivity index (χ2n) is 5.54. The molecule has 17 heavy (non-hydrogen) atoms. The maximum absolute atomic E-state index is 6.01. The lowest BCUT2D eigenvalue weighted by Gasteiger charge is -2.06. The van der Waals surface area contributed by atoms with E-state index in [-0.39, 0.29) is 6.04 Å². The molecule has 0 aliphatic heterocycles. The molecule has 1 rings (SSSR count). The molecule has 0 aromatic carbocycles. The number of aromatic nitrogens is 1. The summed E-state index contributed by atoms with van der Waals surface area (Å²) in [6, 6.07) is 0.257. The summed E-state index contributed by atoms with van der Waals surface area (Å²) in [5.74, 6) is 1.25. The van der Waals surface area contributed by atoms with Crippen LogP contribution < -0.4 is 5.73 Å². The number of hydrogen-bond acceptors (Lipinski definition) is 3. The molecular formula is C14H26N2S. The van der Waals surface area contributed by atoms with E-state index in [4.69, 9.17) is 10.7 Å². The highest BCUT2D eigenvalue weighted by Gasteiger charge is 2.16. The SMILES string of the molecule is CCC(N)Cc1nc(CC(C)C)c(C(C)C)s1. The van der Waals surface area contributed by atoms with Crippen LogP contribution in [0.25, 0.3) is 0 Å². The molecular weight excluding hydrogens is 228 g/mol. The molecule has 0 aliphatic rings. The Kier molecular flexibility index (Phi) is 5.60. The Bertz CT molecular complexity index is 342. The van der Waals surface area contributed by atoms with Crippen LogP contribution in [0.1, 0.15) is 62.5 Å². The fourth-order valence-electron chi connectivity index (χ4n) is 1.85. The second-order valence-corrected chi connectivity index (χ2v) is 6.66. The Balaban J connectivity index is 2.87. The normalized spacial score (nSPS) is 13.6. The third kappa shape index (κ3) is 4.40. The first-order valence-electron chi connectivity index (χ1n) is 6.68. The molecule has 0 radical (unpaired) electrons. The number of rotatable bonds is 6. The second kappa shape index (κ2) is 6.50. The molecule has 0 saturated carbocycles. The van der Waals surface area contributed by atoms with E-state index in [1.807, 2.05) is 11.3 Å². The topological polar surface area (TPSA) is 38.9 Å². The highest BCUT2D eigenvalue weighted by molar-refractivity contribution is 7.11. The lowest BCUT2D eigenvalue weighted by atomic mass is 10.0. The molecule has 0 spiro atoms. The van der Waals surface area contributed by atoms with Gasteiger partial charge in [-0.1, -0.05) is 34.6 Å². The van der Waals surface area contributed by atoms with E-state index in [1.54, 1.807) is 0 Å². The average molecular weight is 254 g/mol. The molecule has 1 aromatic heterocycles. The van der Waals surface area contributed by atoms with Gasteiger partial charge in [0, 0.05) is 17.3 Å². The van der Waals surface area contributed by atoms with Gasteiger partial charge in [-0.2, -0.15) is 0 Å². The van der Waals surface area contributed by atoms with Crippen molar-refractivity contribution < 1.29 is 0 Å². The van der Waals surface area contributed by atoms with Crippen LogP contribution in [0.4, 0.5) is 0 Å². The number of thiazole rings is 1. The third-order valence-corrected chi connectivity index (χ3v) is 4.28. The molecule has 1 heterocycles. The summed E-state index contributed by atoms with van der Waals surface area (Å²) < 4.78 is 0. The van der Waals surface area contributed by atoms with E-state index in [0.717, 1.165) is 19.3 Å². The summed E-state index contributed by atoms with van der Waals surface area (Å²) in [7, 11) is 0. The van der Waals surface area contributed by atoms with Gasteiger partial charge in [0.1, 0.15) is 0 Å². The first-order valence-corrected chi connectivity index (χ1v) is 7.49. The number of hydrogen-bond donors (Lipinski definition) is 1. The van der Waals surface area contributed by atoms with Gasteiger partial charge in [0.15, 0.2) is 0 Å². The minimum atomic E-state index is 0.257. The van der Waals surface area contributed by atoms with Crippen LogP contribution in [0.3, 0.4) is 0 Å².